The fourth-order valence-electron chi connectivity index (χ4n) is 4.41. The van der Waals surface area contributed by atoms with Crippen LogP contribution >= 0.6 is 22.6 Å². The predicted octanol–water partition coefficient (Wildman–Crippen LogP) is 4.34. The zero-order chi connectivity index (χ0) is 22.2. The molecular formula is C25H23FIN3O2. The van der Waals surface area contributed by atoms with Gasteiger partial charge in [-0.1, -0.05) is 12.1 Å². The van der Waals surface area contributed by atoms with Crippen LogP contribution in [-0.2, 0) is 26.5 Å². The lowest BCUT2D eigenvalue weighted by molar-refractivity contribution is 0.299. The van der Waals surface area contributed by atoms with Crippen molar-refractivity contribution < 1.29 is 9.13 Å². The van der Waals surface area contributed by atoms with Crippen molar-refractivity contribution in [3.05, 3.63) is 91.3 Å². The van der Waals surface area contributed by atoms with Crippen LogP contribution in [0.2, 0.25) is 0 Å². The number of ether oxygens (including phenoxy) is 1. The standard InChI is InChI=1S/C25H23FIN3O2/c1-29-23-7-10-28-9-6-21(23)20-5-4-18(13-24(20)29)30-11-8-19(14-25(30)31)32-15-16-2-3-17(27)12-22(16)26/h2-5,8,11-14,28H,6-7,9-10,15H2,1H3. The Kier molecular flexibility index (Phi) is 5.77. The van der Waals surface area contributed by atoms with E-state index in [1.165, 1.54) is 28.8 Å². The maximum atomic E-state index is 14.0. The summed E-state index contributed by atoms with van der Waals surface area (Å²) in [5, 5.41) is 4.71. The second kappa shape index (κ2) is 8.71. The molecular weight excluding hydrogens is 520 g/mol. The first-order valence-corrected chi connectivity index (χ1v) is 11.7. The molecule has 0 bridgehead atoms. The molecule has 4 aromatic rings. The summed E-state index contributed by atoms with van der Waals surface area (Å²) in [6.45, 7) is 2.04. The maximum Gasteiger partial charge on any atom is 0.258 e. The van der Waals surface area contributed by atoms with E-state index in [1.54, 1.807) is 22.9 Å². The number of nitrogens with one attached hydrogen (secondary N) is 1. The summed E-state index contributed by atoms with van der Waals surface area (Å²) in [5.74, 6) is 0.110. The molecule has 0 saturated carbocycles. The lowest BCUT2D eigenvalue weighted by Gasteiger charge is -2.10. The summed E-state index contributed by atoms with van der Waals surface area (Å²) >= 11 is 2.07. The van der Waals surface area contributed by atoms with Gasteiger partial charge in [0.15, 0.2) is 0 Å². The molecule has 0 unspecified atom stereocenters. The van der Waals surface area contributed by atoms with E-state index in [0.717, 1.165) is 40.7 Å². The van der Waals surface area contributed by atoms with Gasteiger partial charge in [-0.3, -0.25) is 9.36 Å². The largest absolute Gasteiger partial charge is 0.489 e. The van der Waals surface area contributed by atoms with E-state index in [-0.39, 0.29) is 18.0 Å². The van der Waals surface area contributed by atoms with Crippen LogP contribution in [0.5, 0.6) is 5.75 Å². The van der Waals surface area contributed by atoms with E-state index in [2.05, 4.69) is 51.7 Å². The van der Waals surface area contributed by atoms with Crippen molar-refractivity contribution in [3.63, 3.8) is 0 Å². The Morgan fingerprint density at radius 3 is 2.75 bits per heavy atom. The fourth-order valence-corrected chi connectivity index (χ4v) is 4.87. The predicted molar refractivity (Wildman–Crippen MR) is 132 cm³/mol. The summed E-state index contributed by atoms with van der Waals surface area (Å²) in [6, 6.07) is 14.4. The first-order valence-electron chi connectivity index (χ1n) is 10.6. The fraction of sp³-hybridized carbons (Fsp3) is 0.240. The highest BCUT2D eigenvalue weighted by molar-refractivity contribution is 14.1. The van der Waals surface area contributed by atoms with Crippen LogP contribution in [0.4, 0.5) is 4.39 Å². The second-order valence-corrected chi connectivity index (χ2v) is 9.28. The van der Waals surface area contributed by atoms with Gasteiger partial charge in [-0.25, -0.2) is 4.39 Å². The van der Waals surface area contributed by atoms with Gasteiger partial charge in [-0.15, -0.1) is 0 Å². The minimum atomic E-state index is -0.310. The van der Waals surface area contributed by atoms with Crippen LogP contribution in [0, 0.1) is 9.39 Å². The Hall–Kier alpha value is -2.65. The minimum absolute atomic E-state index is 0.0714. The van der Waals surface area contributed by atoms with Gasteiger partial charge < -0.3 is 14.6 Å². The Bertz CT molecular complexity index is 1380. The summed E-state index contributed by atoms with van der Waals surface area (Å²) in [4.78, 5) is 12.8. The molecule has 5 nitrogen and oxygen atoms in total. The van der Waals surface area contributed by atoms with Gasteiger partial charge in [0.25, 0.3) is 5.56 Å². The molecule has 32 heavy (non-hydrogen) atoms. The van der Waals surface area contributed by atoms with Gasteiger partial charge in [-0.2, -0.15) is 0 Å². The van der Waals surface area contributed by atoms with Crippen molar-refractivity contribution in [2.24, 2.45) is 7.05 Å². The number of fused-ring (bicyclic) bond motifs is 3. The highest BCUT2D eigenvalue weighted by atomic mass is 127. The molecule has 5 rings (SSSR count). The van der Waals surface area contributed by atoms with Crippen molar-refractivity contribution in [2.75, 3.05) is 13.1 Å². The SMILES string of the molecule is Cn1c2c(c3ccc(-n4ccc(OCc5ccc(I)cc5F)cc4=O)cc31)CCNCC2. The van der Waals surface area contributed by atoms with Crippen molar-refractivity contribution in [3.8, 4) is 11.4 Å². The van der Waals surface area contributed by atoms with Crippen molar-refractivity contribution in [1.29, 1.82) is 0 Å². The number of benzene rings is 2. The zero-order valence-corrected chi connectivity index (χ0v) is 19.9. The van der Waals surface area contributed by atoms with E-state index < -0.39 is 0 Å². The third-order valence-corrected chi connectivity index (χ3v) is 6.76. The normalized spacial score (nSPS) is 13.7. The van der Waals surface area contributed by atoms with Gasteiger partial charge in [-0.05, 0) is 71.5 Å². The molecule has 1 aliphatic heterocycles. The third-order valence-electron chi connectivity index (χ3n) is 6.09. The van der Waals surface area contributed by atoms with Gasteiger partial charge in [0, 0.05) is 52.5 Å². The summed E-state index contributed by atoms with van der Waals surface area (Å²) < 4.78 is 24.4. The van der Waals surface area contributed by atoms with Crippen LogP contribution in [0.1, 0.15) is 16.8 Å². The van der Waals surface area contributed by atoms with Crippen LogP contribution in [0.25, 0.3) is 16.6 Å². The van der Waals surface area contributed by atoms with Gasteiger partial charge in [0.2, 0.25) is 0 Å². The van der Waals surface area contributed by atoms with Crippen molar-refractivity contribution >= 4 is 33.5 Å². The Morgan fingerprint density at radius 1 is 1.09 bits per heavy atom. The number of aryl methyl sites for hydroxylation is 1. The number of rotatable bonds is 4. The summed E-state index contributed by atoms with van der Waals surface area (Å²) in [6.07, 6.45) is 3.73. The minimum Gasteiger partial charge on any atom is -0.489 e. The van der Waals surface area contributed by atoms with E-state index >= 15 is 0 Å². The molecule has 0 aliphatic carbocycles. The highest BCUT2D eigenvalue weighted by Gasteiger charge is 2.17. The van der Waals surface area contributed by atoms with Gasteiger partial charge in [0.1, 0.15) is 18.2 Å². The highest BCUT2D eigenvalue weighted by Crippen LogP contribution is 2.29. The van der Waals surface area contributed by atoms with Gasteiger partial charge in [0.05, 0.1) is 11.2 Å². The van der Waals surface area contributed by atoms with E-state index in [9.17, 15) is 9.18 Å². The molecule has 0 radical (unpaired) electrons. The summed E-state index contributed by atoms with van der Waals surface area (Å²) in [5.41, 5.74) is 4.98. The molecule has 0 fully saturated rings. The molecule has 164 valence electrons. The van der Waals surface area contributed by atoms with Gasteiger partial charge >= 0.3 is 0 Å². The molecule has 1 aliphatic rings. The van der Waals surface area contributed by atoms with Crippen LogP contribution in [0.15, 0.2) is 59.5 Å². The average Bonchev–Trinajstić information content (AvgIpc) is 2.93. The average molecular weight is 543 g/mol. The second-order valence-electron chi connectivity index (χ2n) is 8.03. The Labute approximate surface area is 199 Å². The van der Waals surface area contributed by atoms with Crippen LogP contribution < -0.4 is 15.6 Å². The third kappa shape index (κ3) is 3.95. The van der Waals surface area contributed by atoms with Crippen LogP contribution in [0.3, 0.4) is 0 Å². The summed E-state index contributed by atoms with van der Waals surface area (Å²) in [7, 11) is 2.10. The molecule has 0 amide bonds. The lowest BCUT2D eigenvalue weighted by atomic mass is 10.1. The molecule has 1 N–H and O–H groups in total. The number of pyridine rings is 1. The first kappa shape index (κ1) is 21.2. The molecule has 2 aromatic heterocycles. The molecule has 0 saturated heterocycles. The van der Waals surface area contributed by atoms with Crippen LogP contribution in [-0.4, -0.2) is 22.2 Å². The van der Waals surface area contributed by atoms with E-state index in [4.69, 9.17) is 4.74 Å². The maximum absolute atomic E-state index is 14.0. The van der Waals surface area contributed by atoms with Crippen molar-refractivity contribution in [2.45, 2.75) is 19.4 Å². The molecule has 3 heterocycles. The molecule has 0 atom stereocenters. The number of hydrogen-bond donors (Lipinski definition) is 1. The number of hydrogen-bond acceptors (Lipinski definition) is 3. The van der Waals surface area contributed by atoms with E-state index in [1.807, 2.05) is 12.1 Å². The quantitative estimate of drug-likeness (QED) is 0.390. The topological polar surface area (TPSA) is 48.2 Å². The monoisotopic (exact) mass is 543 g/mol. The molecule has 0 spiro atoms. The number of nitrogens with zero attached hydrogens (tertiary/aromatic N) is 2. The van der Waals surface area contributed by atoms with Crippen molar-refractivity contribution in [1.82, 2.24) is 14.5 Å². The Morgan fingerprint density at radius 2 is 1.94 bits per heavy atom. The van der Waals surface area contributed by atoms with E-state index in [0.29, 0.717) is 11.3 Å². The number of aromatic nitrogens is 2. The lowest BCUT2D eigenvalue weighted by Crippen LogP contribution is -2.17. The number of halogens is 2. The molecule has 7 heteroatoms. The first-order chi connectivity index (χ1) is 15.5. The zero-order valence-electron chi connectivity index (χ0n) is 17.7. The molecule has 2 aromatic carbocycles. The smallest absolute Gasteiger partial charge is 0.258 e. The Balaban J connectivity index is 1.42.